The van der Waals surface area contributed by atoms with Crippen molar-refractivity contribution in [1.82, 2.24) is 0 Å². The molecule has 1 aromatic heterocycles. The Balaban J connectivity index is 2.28. The van der Waals surface area contributed by atoms with Gasteiger partial charge in [-0.15, -0.1) is 0 Å². The number of amides is 1. The Morgan fingerprint density at radius 2 is 1.86 bits per heavy atom. The lowest BCUT2D eigenvalue weighted by Crippen LogP contribution is -2.15. The monoisotopic (exact) mass is 308 g/mol. The van der Waals surface area contributed by atoms with Crippen molar-refractivity contribution in [2.75, 3.05) is 5.32 Å². The van der Waals surface area contributed by atoms with Crippen LogP contribution in [0.25, 0.3) is 0 Å². The fraction of sp³-hybridized carbons (Fsp3) is 0.214. The normalized spacial score (nSPS) is 11.4. The van der Waals surface area contributed by atoms with E-state index in [0.717, 1.165) is 0 Å². The summed E-state index contributed by atoms with van der Waals surface area (Å²) < 4.78 is 27.8. The van der Waals surface area contributed by atoms with Gasteiger partial charge in [0.1, 0.15) is 11.5 Å². The molecule has 0 aliphatic carbocycles. The van der Waals surface area contributed by atoms with E-state index >= 15 is 0 Å². The molecule has 1 heterocycles. The summed E-state index contributed by atoms with van der Waals surface area (Å²) in [7, 11) is -3.75. The first-order valence-corrected chi connectivity index (χ1v) is 7.75. The molecule has 2 aromatic rings. The first kappa shape index (κ1) is 15.3. The molecule has 0 radical (unpaired) electrons. The average molecular weight is 308 g/mol. The molecule has 0 aliphatic heterocycles. The van der Waals surface area contributed by atoms with Gasteiger partial charge in [-0.1, -0.05) is 0 Å². The molecule has 0 unspecified atom stereocenters. The molecule has 0 saturated carbocycles. The van der Waals surface area contributed by atoms with Gasteiger partial charge in [0, 0.05) is 5.69 Å². The summed E-state index contributed by atoms with van der Waals surface area (Å²) in [4.78, 5) is 12.2. The number of carbonyl (C=O) groups is 1. The Bertz CT molecular complexity index is 806. The van der Waals surface area contributed by atoms with Crippen LogP contribution in [0.5, 0.6) is 0 Å². The van der Waals surface area contributed by atoms with Gasteiger partial charge < -0.3 is 9.73 Å². The number of carbonyl (C=O) groups excluding carboxylic acids is 1. The Kier molecular flexibility index (Phi) is 3.89. The van der Waals surface area contributed by atoms with Crippen LogP contribution in [0.1, 0.15) is 27.4 Å². The van der Waals surface area contributed by atoms with E-state index in [4.69, 9.17) is 9.56 Å². The topological polar surface area (TPSA) is 102 Å². The van der Waals surface area contributed by atoms with Crippen molar-refractivity contribution in [2.24, 2.45) is 5.14 Å². The lowest BCUT2D eigenvalue weighted by Gasteiger charge is -2.09. The molecule has 0 bridgehead atoms. The number of nitrogens with two attached hydrogens (primary N) is 1. The van der Waals surface area contributed by atoms with E-state index in [1.807, 2.05) is 0 Å². The van der Waals surface area contributed by atoms with E-state index in [1.165, 1.54) is 18.2 Å². The number of anilines is 1. The standard InChI is InChI=1S/C14H16N2O4S/c1-8-6-11(21(15,18)19)4-5-13(8)16-14(17)12-7-9(2)20-10(12)3/h4-7H,1-3H3,(H,16,17)(H2,15,18,19). The van der Waals surface area contributed by atoms with Crippen molar-refractivity contribution in [3.63, 3.8) is 0 Å². The van der Waals surface area contributed by atoms with Crippen LogP contribution in [0.4, 0.5) is 5.69 Å². The predicted octanol–water partition coefficient (Wildman–Crippen LogP) is 2.10. The minimum Gasteiger partial charge on any atom is -0.466 e. The smallest absolute Gasteiger partial charge is 0.259 e. The Hall–Kier alpha value is -2.12. The zero-order valence-electron chi connectivity index (χ0n) is 11.9. The van der Waals surface area contributed by atoms with Crippen LogP contribution in [0.2, 0.25) is 0 Å². The summed E-state index contributed by atoms with van der Waals surface area (Å²) in [5.41, 5.74) is 1.57. The van der Waals surface area contributed by atoms with Gasteiger partial charge in [0.15, 0.2) is 0 Å². The van der Waals surface area contributed by atoms with Gasteiger partial charge in [0.05, 0.1) is 10.5 Å². The van der Waals surface area contributed by atoms with Crippen LogP contribution in [0.3, 0.4) is 0 Å². The first-order chi connectivity index (χ1) is 9.68. The van der Waals surface area contributed by atoms with Gasteiger partial charge in [-0.3, -0.25) is 4.79 Å². The first-order valence-electron chi connectivity index (χ1n) is 6.20. The second kappa shape index (κ2) is 5.34. The largest absolute Gasteiger partial charge is 0.466 e. The maximum atomic E-state index is 12.2. The van der Waals surface area contributed by atoms with E-state index in [9.17, 15) is 13.2 Å². The number of aryl methyl sites for hydroxylation is 3. The van der Waals surface area contributed by atoms with Crippen molar-refractivity contribution in [3.05, 3.63) is 46.9 Å². The molecule has 1 aromatic carbocycles. The van der Waals surface area contributed by atoms with Crippen LogP contribution in [0.15, 0.2) is 33.6 Å². The van der Waals surface area contributed by atoms with Gasteiger partial charge in [0.2, 0.25) is 10.0 Å². The van der Waals surface area contributed by atoms with Crippen LogP contribution in [0, 0.1) is 20.8 Å². The van der Waals surface area contributed by atoms with Gasteiger partial charge >= 0.3 is 0 Å². The fourth-order valence-electron chi connectivity index (χ4n) is 2.00. The number of furan rings is 1. The molecule has 1 amide bonds. The highest BCUT2D eigenvalue weighted by Crippen LogP contribution is 2.21. The molecule has 7 heteroatoms. The molecule has 0 fully saturated rings. The maximum absolute atomic E-state index is 12.2. The number of nitrogens with one attached hydrogen (secondary N) is 1. The quantitative estimate of drug-likeness (QED) is 0.906. The van der Waals surface area contributed by atoms with Crippen molar-refractivity contribution >= 4 is 21.6 Å². The molecule has 6 nitrogen and oxygen atoms in total. The van der Waals surface area contributed by atoms with Crippen LogP contribution < -0.4 is 10.5 Å². The minimum atomic E-state index is -3.75. The summed E-state index contributed by atoms with van der Waals surface area (Å²) in [6.07, 6.45) is 0. The molecule has 3 N–H and O–H groups in total. The lowest BCUT2D eigenvalue weighted by atomic mass is 10.2. The molecule has 0 spiro atoms. The fourth-order valence-corrected chi connectivity index (χ4v) is 2.60. The molecule has 0 aliphatic rings. The van der Waals surface area contributed by atoms with E-state index in [-0.39, 0.29) is 10.8 Å². The molecule has 0 saturated heterocycles. The third-order valence-electron chi connectivity index (χ3n) is 3.06. The number of benzene rings is 1. The van der Waals surface area contributed by atoms with Gasteiger partial charge in [0.25, 0.3) is 5.91 Å². The number of hydrogen-bond donors (Lipinski definition) is 2. The second-order valence-corrected chi connectivity index (χ2v) is 6.36. The van der Waals surface area contributed by atoms with Gasteiger partial charge in [-0.25, -0.2) is 13.6 Å². The summed E-state index contributed by atoms with van der Waals surface area (Å²) in [5.74, 6) is 0.874. The molecule has 2 rings (SSSR count). The van der Waals surface area contributed by atoms with E-state index < -0.39 is 10.0 Å². The number of rotatable bonds is 3. The lowest BCUT2D eigenvalue weighted by molar-refractivity contribution is 0.102. The minimum absolute atomic E-state index is 0.00772. The summed E-state index contributed by atoms with van der Waals surface area (Å²) in [6.45, 7) is 5.16. The molecular formula is C14H16N2O4S. The predicted molar refractivity (Wildman–Crippen MR) is 78.7 cm³/mol. The zero-order chi connectivity index (χ0) is 15.8. The molecule has 21 heavy (non-hydrogen) atoms. The van der Waals surface area contributed by atoms with Crippen molar-refractivity contribution < 1.29 is 17.6 Å². The number of primary sulfonamides is 1. The van der Waals surface area contributed by atoms with E-state index in [0.29, 0.717) is 28.3 Å². The van der Waals surface area contributed by atoms with Crippen molar-refractivity contribution in [3.8, 4) is 0 Å². The highest BCUT2D eigenvalue weighted by atomic mass is 32.2. The Morgan fingerprint density at radius 1 is 1.19 bits per heavy atom. The Labute approximate surface area is 123 Å². The van der Waals surface area contributed by atoms with E-state index in [2.05, 4.69) is 5.32 Å². The average Bonchev–Trinajstić information content (AvgIpc) is 2.69. The van der Waals surface area contributed by atoms with Crippen molar-refractivity contribution in [1.29, 1.82) is 0 Å². The van der Waals surface area contributed by atoms with Crippen LogP contribution in [-0.4, -0.2) is 14.3 Å². The summed E-state index contributed by atoms with van der Waals surface area (Å²) >= 11 is 0. The number of sulfonamides is 1. The third kappa shape index (κ3) is 3.32. The van der Waals surface area contributed by atoms with Crippen LogP contribution >= 0.6 is 0 Å². The van der Waals surface area contributed by atoms with Crippen molar-refractivity contribution in [2.45, 2.75) is 25.7 Å². The zero-order valence-corrected chi connectivity index (χ0v) is 12.7. The molecule has 112 valence electrons. The van der Waals surface area contributed by atoms with Gasteiger partial charge in [-0.05, 0) is 50.6 Å². The maximum Gasteiger partial charge on any atom is 0.259 e. The second-order valence-electron chi connectivity index (χ2n) is 4.80. The SMILES string of the molecule is Cc1cc(C(=O)Nc2ccc(S(N)(=O)=O)cc2C)c(C)o1. The molecule has 0 atom stereocenters. The molecular weight excluding hydrogens is 292 g/mol. The highest BCUT2D eigenvalue weighted by molar-refractivity contribution is 7.89. The number of hydrogen-bond acceptors (Lipinski definition) is 4. The van der Waals surface area contributed by atoms with Crippen LogP contribution in [-0.2, 0) is 10.0 Å². The highest BCUT2D eigenvalue weighted by Gasteiger charge is 2.15. The Morgan fingerprint density at radius 3 is 2.33 bits per heavy atom. The van der Waals surface area contributed by atoms with E-state index in [1.54, 1.807) is 26.8 Å². The third-order valence-corrected chi connectivity index (χ3v) is 3.97. The summed E-state index contributed by atoms with van der Waals surface area (Å²) in [6, 6.07) is 5.93. The summed E-state index contributed by atoms with van der Waals surface area (Å²) in [5, 5.41) is 7.79. The van der Waals surface area contributed by atoms with Gasteiger partial charge in [-0.2, -0.15) is 0 Å².